The van der Waals surface area contributed by atoms with Crippen molar-refractivity contribution in [3.63, 3.8) is 0 Å². The number of aliphatic hydroxyl groups excluding tert-OH is 1. The van der Waals surface area contributed by atoms with Crippen LogP contribution in [0.3, 0.4) is 0 Å². The summed E-state index contributed by atoms with van der Waals surface area (Å²) in [6, 6.07) is 9.58. The summed E-state index contributed by atoms with van der Waals surface area (Å²) in [5.41, 5.74) is 0.998. The van der Waals surface area contributed by atoms with Gasteiger partial charge in [-0.1, -0.05) is 30.3 Å². The number of halogens is 3. The van der Waals surface area contributed by atoms with Crippen molar-refractivity contribution in [3.8, 4) is 0 Å². The minimum Gasteiger partial charge on any atom is -0.394 e. The van der Waals surface area contributed by atoms with Crippen LogP contribution in [0.5, 0.6) is 0 Å². The van der Waals surface area contributed by atoms with Gasteiger partial charge < -0.3 is 10.4 Å². The van der Waals surface area contributed by atoms with Crippen LogP contribution in [0.1, 0.15) is 24.4 Å². The zero-order valence-corrected chi connectivity index (χ0v) is 11.8. The maximum absolute atomic E-state index is 12.3. The number of likely N-dealkylation sites (tertiary alicyclic amines) is 1. The Morgan fingerprint density at radius 2 is 1.81 bits per heavy atom. The number of hydrogen-bond acceptors (Lipinski definition) is 3. The van der Waals surface area contributed by atoms with E-state index in [-0.39, 0.29) is 18.7 Å². The largest absolute Gasteiger partial charge is 0.401 e. The minimum atomic E-state index is -4.13. The van der Waals surface area contributed by atoms with Crippen LogP contribution in [0.2, 0.25) is 0 Å². The Hall–Kier alpha value is -1.11. The first-order valence-corrected chi connectivity index (χ1v) is 7.19. The van der Waals surface area contributed by atoms with Crippen LogP contribution in [-0.2, 0) is 0 Å². The third kappa shape index (κ3) is 5.30. The van der Waals surface area contributed by atoms with Gasteiger partial charge in [0, 0.05) is 6.04 Å². The van der Waals surface area contributed by atoms with E-state index in [0.29, 0.717) is 25.9 Å². The second-order valence-corrected chi connectivity index (χ2v) is 5.48. The normalized spacial score (nSPS) is 19.6. The highest BCUT2D eigenvalue weighted by atomic mass is 19.4. The molecular formula is C15H21F3N2O. The lowest BCUT2D eigenvalue weighted by Gasteiger charge is -2.34. The molecule has 2 rings (SSSR count). The van der Waals surface area contributed by atoms with Crippen molar-refractivity contribution in [2.24, 2.45) is 0 Å². The molecule has 1 aliphatic rings. The maximum atomic E-state index is 12.3. The molecule has 0 bridgehead atoms. The summed E-state index contributed by atoms with van der Waals surface area (Å²) in [5, 5.41) is 12.8. The average molecular weight is 302 g/mol. The van der Waals surface area contributed by atoms with E-state index >= 15 is 0 Å². The molecule has 1 fully saturated rings. The van der Waals surface area contributed by atoms with E-state index in [0.717, 1.165) is 5.56 Å². The standard InChI is InChI=1S/C15H21F3N2O/c16-15(17,18)11-20-8-6-13(7-9-20)19-14(10-21)12-4-2-1-3-5-12/h1-5,13-14,19,21H,6-11H2/t14-/m0/s1. The van der Waals surface area contributed by atoms with Gasteiger partial charge in [0.1, 0.15) is 0 Å². The van der Waals surface area contributed by atoms with Crippen LogP contribution in [0.25, 0.3) is 0 Å². The molecule has 0 spiro atoms. The summed E-state index contributed by atoms with van der Waals surface area (Å²) in [4.78, 5) is 1.44. The third-order valence-corrected chi connectivity index (χ3v) is 3.81. The molecule has 0 radical (unpaired) electrons. The van der Waals surface area contributed by atoms with E-state index in [1.807, 2.05) is 30.3 Å². The molecule has 0 saturated carbocycles. The number of hydrogen-bond donors (Lipinski definition) is 2. The van der Waals surface area contributed by atoms with E-state index in [1.165, 1.54) is 4.90 Å². The Bertz CT molecular complexity index is 417. The highest BCUT2D eigenvalue weighted by Gasteiger charge is 2.32. The molecule has 1 aromatic carbocycles. The first-order chi connectivity index (χ1) is 9.98. The topological polar surface area (TPSA) is 35.5 Å². The van der Waals surface area contributed by atoms with Gasteiger partial charge in [0.2, 0.25) is 0 Å². The van der Waals surface area contributed by atoms with Gasteiger partial charge in [-0.05, 0) is 31.5 Å². The van der Waals surface area contributed by atoms with Gasteiger partial charge in [-0.3, -0.25) is 4.90 Å². The summed E-state index contributed by atoms with van der Waals surface area (Å²) < 4.78 is 37.0. The van der Waals surface area contributed by atoms with Crippen LogP contribution in [0.15, 0.2) is 30.3 Å². The van der Waals surface area contributed by atoms with Crippen molar-refractivity contribution in [2.75, 3.05) is 26.2 Å². The van der Waals surface area contributed by atoms with Gasteiger partial charge in [0.25, 0.3) is 0 Å². The number of aliphatic hydroxyl groups is 1. The molecule has 1 atom stereocenters. The molecule has 1 aromatic rings. The molecule has 0 amide bonds. The van der Waals surface area contributed by atoms with Crippen molar-refractivity contribution >= 4 is 0 Å². The number of benzene rings is 1. The van der Waals surface area contributed by atoms with Crippen LogP contribution >= 0.6 is 0 Å². The van der Waals surface area contributed by atoms with Crippen molar-refractivity contribution in [3.05, 3.63) is 35.9 Å². The third-order valence-electron chi connectivity index (χ3n) is 3.81. The van der Waals surface area contributed by atoms with E-state index in [1.54, 1.807) is 0 Å². The fourth-order valence-electron chi connectivity index (χ4n) is 2.74. The predicted octanol–water partition coefficient (Wildman–Crippen LogP) is 2.34. The maximum Gasteiger partial charge on any atom is 0.401 e. The number of piperidine rings is 1. The first kappa shape index (κ1) is 16.3. The van der Waals surface area contributed by atoms with Gasteiger partial charge >= 0.3 is 6.18 Å². The zero-order valence-electron chi connectivity index (χ0n) is 11.8. The van der Waals surface area contributed by atoms with Crippen molar-refractivity contribution in [1.29, 1.82) is 0 Å². The quantitative estimate of drug-likeness (QED) is 0.876. The SMILES string of the molecule is OC[C@H](NC1CCN(CC(F)(F)F)CC1)c1ccccc1. The highest BCUT2D eigenvalue weighted by Crippen LogP contribution is 2.21. The van der Waals surface area contributed by atoms with Crippen LogP contribution < -0.4 is 5.32 Å². The van der Waals surface area contributed by atoms with E-state index < -0.39 is 12.7 Å². The Labute approximate surface area is 122 Å². The van der Waals surface area contributed by atoms with Crippen molar-refractivity contribution in [2.45, 2.75) is 31.1 Å². The van der Waals surface area contributed by atoms with Gasteiger partial charge in [-0.15, -0.1) is 0 Å². The second-order valence-electron chi connectivity index (χ2n) is 5.48. The summed E-state index contributed by atoms with van der Waals surface area (Å²) in [7, 11) is 0. The lowest BCUT2D eigenvalue weighted by Crippen LogP contribution is -2.46. The lowest BCUT2D eigenvalue weighted by atomic mass is 10.0. The van der Waals surface area contributed by atoms with Gasteiger partial charge in [-0.25, -0.2) is 0 Å². The van der Waals surface area contributed by atoms with Crippen molar-refractivity contribution in [1.82, 2.24) is 10.2 Å². The molecule has 118 valence electrons. The van der Waals surface area contributed by atoms with Crippen LogP contribution in [-0.4, -0.2) is 48.5 Å². The summed E-state index contributed by atoms with van der Waals surface area (Å²) in [6.45, 7) is 0.0167. The van der Waals surface area contributed by atoms with E-state index in [4.69, 9.17) is 0 Å². The molecule has 0 aliphatic carbocycles. The minimum absolute atomic E-state index is 0.0211. The molecule has 6 heteroatoms. The highest BCUT2D eigenvalue weighted by molar-refractivity contribution is 5.19. The molecular weight excluding hydrogens is 281 g/mol. The number of alkyl halides is 3. The fourth-order valence-corrected chi connectivity index (χ4v) is 2.74. The number of nitrogens with one attached hydrogen (secondary N) is 1. The summed E-state index contributed by atoms with van der Waals surface area (Å²) in [5.74, 6) is 0. The molecule has 1 saturated heterocycles. The zero-order chi connectivity index (χ0) is 15.3. The van der Waals surface area contributed by atoms with Gasteiger partial charge in [0.15, 0.2) is 0 Å². The smallest absolute Gasteiger partial charge is 0.394 e. The Morgan fingerprint density at radius 1 is 1.19 bits per heavy atom. The first-order valence-electron chi connectivity index (χ1n) is 7.19. The van der Waals surface area contributed by atoms with Crippen LogP contribution in [0, 0.1) is 0 Å². The molecule has 2 N–H and O–H groups in total. The molecule has 3 nitrogen and oxygen atoms in total. The van der Waals surface area contributed by atoms with Crippen molar-refractivity contribution < 1.29 is 18.3 Å². The van der Waals surface area contributed by atoms with Crippen LogP contribution in [0.4, 0.5) is 13.2 Å². The Morgan fingerprint density at radius 3 is 2.33 bits per heavy atom. The number of nitrogens with zero attached hydrogens (tertiary/aromatic N) is 1. The predicted molar refractivity (Wildman–Crippen MR) is 74.9 cm³/mol. The second kappa shape index (κ2) is 7.24. The molecule has 1 heterocycles. The monoisotopic (exact) mass is 302 g/mol. The molecule has 1 aliphatic heterocycles. The van der Waals surface area contributed by atoms with E-state index in [2.05, 4.69) is 5.32 Å². The fraction of sp³-hybridized carbons (Fsp3) is 0.600. The lowest BCUT2D eigenvalue weighted by molar-refractivity contribution is -0.148. The molecule has 21 heavy (non-hydrogen) atoms. The molecule has 0 unspecified atom stereocenters. The van der Waals surface area contributed by atoms with Gasteiger partial charge in [-0.2, -0.15) is 13.2 Å². The molecule has 0 aromatic heterocycles. The van der Waals surface area contributed by atoms with Gasteiger partial charge in [0.05, 0.1) is 19.2 Å². The Kier molecular flexibility index (Phi) is 5.61. The Balaban J connectivity index is 1.82. The summed E-state index contributed by atoms with van der Waals surface area (Å²) >= 11 is 0. The average Bonchev–Trinajstić information content (AvgIpc) is 2.46. The summed E-state index contributed by atoms with van der Waals surface area (Å²) in [6.07, 6.45) is -2.79. The number of rotatable bonds is 5. The van der Waals surface area contributed by atoms with E-state index in [9.17, 15) is 18.3 Å².